The first-order valence-electron chi connectivity index (χ1n) is 9.83. The highest BCUT2D eigenvalue weighted by Gasteiger charge is 2.18. The normalized spacial score (nSPS) is 14.0. The highest BCUT2D eigenvalue weighted by atomic mass is 16.1. The van der Waals surface area contributed by atoms with Crippen molar-refractivity contribution in [2.24, 2.45) is 7.05 Å². The Morgan fingerprint density at radius 3 is 2.69 bits per heavy atom. The van der Waals surface area contributed by atoms with Crippen molar-refractivity contribution in [3.05, 3.63) is 69.9 Å². The lowest BCUT2D eigenvalue weighted by Crippen LogP contribution is -2.18. The van der Waals surface area contributed by atoms with E-state index in [1.807, 2.05) is 31.2 Å². The zero-order valence-electron chi connectivity index (χ0n) is 16.5. The van der Waals surface area contributed by atoms with Crippen LogP contribution in [0.1, 0.15) is 17.0 Å². The summed E-state index contributed by atoms with van der Waals surface area (Å²) in [5, 5.41) is 12.9. The largest absolute Gasteiger partial charge is 0.332 e. The first-order valence-corrected chi connectivity index (χ1v) is 9.83. The number of fused-ring (bicyclic) bond motifs is 3. The van der Waals surface area contributed by atoms with Crippen LogP contribution in [-0.4, -0.2) is 37.4 Å². The standard InChI is InChI=1S/C22H22N6O/c1-14-3-5-18(26-25-14)15-9-12-28(21(29)13-15)20-6-4-17-16-7-10-23-11-8-19(16)27(2)22(17)24-20/h3-6,9,12-13,23H,7-8,10-11H2,1-2H3. The first-order chi connectivity index (χ1) is 14.1. The van der Waals surface area contributed by atoms with Crippen LogP contribution >= 0.6 is 0 Å². The maximum Gasteiger partial charge on any atom is 0.256 e. The van der Waals surface area contributed by atoms with Crippen LogP contribution in [0.25, 0.3) is 28.1 Å². The molecule has 0 saturated carbocycles. The average molecular weight is 386 g/mol. The molecule has 1 aliphatic rings. The fourth-order valence-electron chi connectivity index (χ4n) is 4.07. The van der Waals surface area contributed by atoms with Crippen LogP contribution in [0.2, 0.25) is 0 Å². The Morgan fingerprint density at radius 1 is 1.03 bits per heavy atom. The van der Waals surface area contributed by atoms with Crippen molar-refractivity contribution in [3.63, 3.8) is 0 Å². The third-order valence-electron chi connectivity index (χ3n) is 5.61. The zero-order chi connectivity index (χ0) is 20.0. The first kappa shape index (κ1) is 17.8. The molecule has 0 fully saturated rings. The third-order valence-corrected chi connectivity index (χ3v) is 5.61. The molecular weight excluding hydrogens is 364 g/mol. The molecule has 5 heterocycles. The van der Waals surface area contributed by atoms with Crippen molar-refractivity contribution in [1.29, 1.82) is 0 Å². The monoisotopic (exact) mass is 386 g/mol. The maximum absolute atomic E-state index is 12.8. The lowest BCUT2D eigenvalue weighted by molar-refractivity contribution is 0.698. The number of aryl methyl sites for hydroxylation is 2. The SMILES string of the molecule is Cc1ccc(-c2ccn(-c3ccc4c5c(n(C)c4n3)CCNCC5)c(=O)c2)nn1. The van der Waals surface area contributed by atoms with Gasteiger partial charge in [0, 0.05) is 48.9 Å². The average Bonchev–Trinajstić information content (AvgIpc) is 2.89. The predicted molar refractivity (Wildman–Crippen MR) is 112 cm³/mol. The van der Waals surface area contributed by atoms with Crippen molar-refractivity contribution >= 4 is 11.0 Å². The molecule has 4 aromatic heterocycles. The molecule has 0 aliphatic carbocycles. The summed E-state index contributed by atoms with van der Waals surface area (Å²) in [6.45, 7) is 3.85. The van der Waals surface area contributed by atoms with Crippen molar-refractivity contribution in [3.8, 4) is 17.1 Å². The summed E-state index contributed by atoms with van der Waals surface area (Å²) < 4.78 is 3.74. The minimum atomic E-state index is -0.142. The Balaban J connectivity index is 1.58. The van der Waals surface area contributed by atoms with E-state index < -0.39 is 0 Å². The van der Waals surface area contributed by atoms with Crippen molar-refractivity contribution in [2.75, 3.05) is 13.1 Å². The van der Waals surface area contributed by atoms with Gasteiger partial charge in [-0.3, -0.25) is 9.36 Å². The van der Waals surface area contributed by atoms with E-state index in [9.17, 15) is 4.79 Å². The molecule has 0 amide bonds. The third kappa shape index (κ3) is 3.03. The number of aromatic nitrogens is 5. The number of nitrogens with one attached hydrogen (secondary N) is 1. The van der Waals surface area contributed by atoms with Gasteiger partial charge < -0.3 is 9.88 Å². The molecule has 0 spiro atoms. The van der Waals surface area contributed by atoms with E-state index in [4.69, 9.17) is 4.98 Å². The van der Waals surface area contributed by atoms with Gasteiger partial charge in [-0.1, -0.05) is 0 Å². The van der Waals surface area contributed by atoms with E-state index in [0.717, 1.165) is 42.8 Å². The van der Waals surface area contributed by atoms with Gasteiger partial charge in [-0.05, 0) is 55.8 Å². The Hall–Kier alpha value is -3.32. The van der Waals surface area contributed by atoms with Gasteiger partial charge in [-0.25, -0.2) is 4.98 Å². The van der Waals surface area contributed by atoms with Crippen LogP contribution in [0.4, 0.5) is 0 Å². The molecule has 29 heavy (non-hydrogen) atoms. The molecule has 0 saturated heterocycles. The number of nitrogens with zero attached hydrogens (tertiary/aromatic N) is 5. The topological polar surface area (TPSA) is 77.6 Å². The van der Waals surface area contributed by atoms with Crippen LogP contribution in [0.5, 0.6) is 0 Å². The molecular formula is C22H22N6O. The van der Waals surface area contributed by atoms with E-state index in [-0.39, 0.29) is 5.56 Å². The minimum absolute atomic E-state index is 0.142. The van der Waals surface area contributed by atoms with Crippen LogP contribution < -0.4 is 10.9 Å². The van der Waals surface area contributed by atoms with Gasteiger partial charge in [-0.15, -0.1) is 0 Å². The summed E-state index contributed by atoms with van der Waals surface area (Å²) in [5.74, 6) is 0.623. The molecule has 7 nitrogen and oxygen atoms in total. The van der Waals surface area contributed by atoms with Crippen LogP contribution in [0.15, 0.2) is 47.4 Å². The fourth-order valence-corrected chi connectivity index (χ4v) is 4.07. The van der Waals surface area contributed by atoms with E-state index in [2.05, 4.69) is 33.2 Å². The summed E-state index contributed by atoms with van der Waals surface area (Å²) in [5.41, 5.74) is 5.76. The molecule has 1 N–H and O–H groups in total. The van der Waals surface area contributed by atoms with E-state index in [0.29, 0.717) is 11.5 Å². The molecule has 0 aromatic carbocycles. The summed E-state index contributed by atoms with van der Waals surface area (Å²) in [6, 6.07) is 11.2. The Bertz CT molecular complexity index is 1270. The second-order valence-electron chi connectivity index (χ2n) is 7.46. The quantitative estimate of drug-likeness (QED) is 0.571. The number of hydrogen-bond acceptors (Lipinski definition) is 5. The van der Waals surface area contributed by atoms with Crippen molar-refractivity contribution in [1.82, 2.24) is 29.6 Å². The summed E-state index contributed by atoms with van der Waals surface area (Å²) >= 11 is 0. The van der Waals surface area contributed by atoms with Gasteiger partial charge in [0.25, 0.3) is 5.56 Å². The minimum Gasteiger partial charge on any atom is -0.332 e. The van der Waals surface area contributed by atoms with Gasteiger partial charge in [0.1, 0.15) is 11.5 Å². The highest BCUT2D eigenvalue weighted by Crippen LogP contribution is 2.27. The van der Waals surface area contributed by atoms with Gasteiger partial charge in [0.05, 0.1) is 11.4 Å². The van der Waals surface area contributed by atoms with Gasteiger partial charge in [-0.2, -0.15) is 10.2 Å². The van der Waals surface area contributed by atoms with Crippen LogP contribution in [-0.2, 0) is 19.9 Å². The lowest BCUT2D eigenvalue weighted by atomic mass is 10.1. The summed E-state index contributed by atoms with van der Waals surface area (Å²) in [7, 11) is 2.06. The highest BCUT2D eigenvalue weighted by molar-refractivity contribution is 5.83. The van der Waals surface area contributed by atoms with E-state index >= 15 is 0 Å². The Kier molecular flexibility index (Phi) is 4.24. The smallest absolute Gasteiger partial charge is 0.256 e. The Morgan fingerprint density at radius 2 is 1.90 bits per heavy atom. The Labute approximate surface area is 168 Å². The number of hydrogen-bond donors (Lipinski definition) is 1. The van der Waals surface area contributed by atoms with Crippen LogP contribution in [0.3, 0.4) is 0 Å². The molecule has 0 unspecified atom stereocenters. The molecule has 5 rings (SSSR count). The summed E-state index contributed by atoms with van der Waals surface area (Å²) in [4.78, 5) is 17.6. The lowest BCUT2D eigenvalue weighted by Gasteiger charge is -2.08. The predicted octanol–water partition coefficient (Wildman–Crippen LogP) is 2.18. The molecule has 0 atom stereocenters. The molecule has 0 bridgehead atoms. The second kappa shape index (κ2) is 6.93. The van der Waals surface area contributed by atoms with Gasteiger partial charge in [0.2, 0.25) is 0 Å². The number of pyridine rings is 2. The second-order valence-corrected chi connectivity index (χ2v) is 7.46. The van der Waals surface area contributed by atoms with Crippen molar-refractivity contribution in [2.45, 2.75) is 19.8 Å². The maximum atomic E-state index is 12.8. The van der Waals surface area contributed by atoms with E-state index in [1.54, 1.807) is 16.8 Å². The van der Waals surface area contributed by atoms with Crippen molar-refractivity contribution < 1.29 is 0 Å². The summed E-state index contributed by atoms with van der Waals surface area (Å²) in [6.07, 6.45) is 3.74. The molecule has 0 radical (unpaired) electrons. The molecule has 1 aliphatic heterocycles. The van der Waals surface area contributed by atoms with Gasteiger partial charge in [0.15, 0.2) is 0 Å². The molecule has 7 heteroatoms. The zero-order valence-corrected chi connectivity index (χ0v) is 16.5. The fraction of sp³-hybridized carbons (Fsp3) is 0.273. The molecule has 146 valence electrons. The molecule has 4 aromatic rings. The van der Waals surface area contributed by atoms with Crippen LogP contribution in [0, 0.1) is 6.92 Å². The van der Waals surface area contributed by atoms with Gasteiger partial charge >= 0.3 is 0 Å². The number of rotatable bonds is 2. The van der Waals surface area contributed by atoms with E-state index in [1.165, 1.54) is 16.6 Å².